The molecule has 0 amide bonds. The van der Waals surface area contributed by atoms with Gasteiger partial charge in [0.15, 0.2) is 5.69 Å². The molecular formula is C57H86F5N29. The monoisotopic (exact) mass is 1270 g/mol. The number of aromatic nitrogens is 24. The Labute approximate surface area is 525 Å². The first kappa shape index (κ1) is 70.4. The molecule has 0 aromatic carbocycles. The molecule has 0 aliphatic rings. The van der Waals surface area contributed by atoms with E-state index in [1.165, 1.54) is 24.1 Å². The van der Waals surface area contributed by atoms with Crippen LogP contribution >= 0.6 is 0 Å². The zero-order chi connectivity index (χ0) is 67.8. The van der Waals surface area contributed by atoms with Crippen molar-refractivity contribution in [3.8, 4) is 0 Å². The van der Waals surface area contributed by atoms with Crippen LogP contribution in [0.1, 0.15) is 146 Å². The molecule has 0 saturated heterocycles. The maximum atomic E-state index is 12.6. The van der Waals surface area contributed by atoms with Gasteiger partial charge < -0.3 is 26.6 Å². The van der Waals surface area contributed by atoms with E-state index in [9.17, 15) is 22.0 Å². The normalized spacial score (nSPS) is 12.0. The minimum atomic E-state index is -4.48. The van der Waals surface area contributed by atoms with E-state index in [2.05, 4.69) is 172 Å². The number of nitrogens with zero attached hydrogens (tertiary/aromatic N) is 24. The Kier molecular flexibility index (Phi) is 21.7. The van der Waals surface area contributed by atoms with Gasteiger partial charge >= 0.3 is 6.18 Å². The van der Waals surface area contributed by atoms with E-state index in [1.54, 1.807) is 47.8 Å². The summed E-state index contributed by atoms with van der Waals surface area (Å²) in [5, 5.41) is 70.9. The summed E-state index contributed by atoms with van der Waals surface area (Å²) < 4.78 is 78.5. The highest BCUT2D eigenvalue weighted by atomic mass is 19.4. The molecule has 10 aromatic heterocycles. The van der Waals surface area contributed by atoms with Crippen LogP contribution in [0.2, 0.25) is 0 Å². The third-order valence-corrected chi connectivity index (χ3v) is 13.2. The molecule has 0 bridgehead atoms. The lowest BCUT2D eigenvalue weighted by Gasteiger charge is -2.22. The van der Waals surface area contributed by atoms with Gasteiger partial charge in [0.1, 0.15) is 60.6 Å². The SMILES string of the molecule is CCc1cc(Nc2nncn2C(C)(C)C)n(C)n1.Cc1cc(Nc2nncn2C(C)(C)C)n(C)n1.Cc1ncccc1Nc1nncn1C(C)(C)C.Cn1nc(C(F)(F)F)cc1Nc1nncn1C(C)(C)C.Cn1nc(C(F)F)cc1Nc1nncn1C(C)(C)C. The Balaban J connectivity index is 0.000000181. The first-order chi connectivity index (χ1) is 42.1. The van der Waals surface area contributed by atoms with Crippen LogP contribution < -0.4 is 26.6 Å². The van der Waals surface area contributed by atoms with Crippen molar-refractivity contribution < 1.29 is 22.0 Å². The Morgan fingerprint density at radius 2 is 0.780 bits per heavy atom. The van der Waals surface area contributed by atoms with Gasteiger partial charge in [-0.1, -0.05) is 6.92 Å². The van der Waals surface area contributed by atoms with Crippen molar-refractivity contribution in [2.75, 3.05) is 26.6 Å². The molecule has 91 heavy (non-hydrogen) atoms. The molecule has 0 aliphatic carbocycles. The average Bonchev–Trinajstić information content (AvgIpc) is 1.75. The van der Waals surface area contributed by atoms with Gasteiger partial charge in [0.2, 0.25) is 29.7 Å². The molecule has 29 nitrogen and oxygen atoms in total. The highest BCUT2D eigenvalue weighted by Gasteiger charge is 2.35. The number of nitrogens with one attached hydrogen (secondary N) is 5. The first-order valence-corrected chi connectivity index (χ1v) is 28.9. The molecular weight excluding hydrogens is 1190 g/mol. The van der Waals surface area contributed by atoms with E-state index < -0.39 is 18.3 Å². The Morgan fingerprint density at radius 1 is 0.440 bits per heavy atom. The molecule has 494 valence electrons. The Hall–Kier alpha value is -9.66. The summed E-state index contributed by atoms with van der Waals surface area (Å²) >= 11 is 0. The van der Waals surface area contributed by atoms with E-state index in [0.29, 0.717) is 17.7 Å². The van der Waals surface area contributed by atoms with Crippen LogP contribution in [0.25, 0.3) is 0 Å². The lowest BCUT2D eigenvalue weighted by Crippen LogP contribution is -2.22. The molecule has 0 atom stereocenters. The maximum absolute atomic E-state index is 12.6. The molecule has 0 saturated carbocycles. The molecule has 5 N–H and O–H groups in total. The number of anilines is 10. The number of hydrogen-bond donors (Lipinski definition) is 5. The van der Waals surface area contributed by atoms with Crippen molar-refractivity contribution in [1.82, 2.24) is 118 Å². The second-order valence-corrected chi connectivity index (χ2v) is 25.9. The van der Waals surface area contributed by atoms with Gasteiger partial charge in [-0.15, -0.1) is 51.0 Å². The molecule has 0 unspecified atom stereocenters. The third kappa shape index (κ3) is 18.9. The number of rotatable bonds is 12. The van der Waals surface area contributed by atoms with Crippen molar-refractivity contribution >= 4 is 58.7 Å². The summed E-state index contributed by atoms with van der Waals surface area (Å²) in [7, 11) is 6.83. The standard InChI is InChI=1S/C12H20N6.C12H17N5.C11H15F3N6.C11H16F2N6.C11H18N6/c1-6-9-7-10(17(5)16-9)14-11-15-13-8-18(11)12(2,3)4;1-9-10(6-5-7-13-9)15-11-16-14-8-17(11)12(2,3)4;1-10(2,3)20-6-15-17-9(20)16-8-5-7(11(12,13)14)18-19(8)4;1-11(2,3)19-6-14-16-10(19)15-8-5-7(9(12)13)17-18(8)4;1-8-6-9(16(5)15-8)13-10-14-12-7-17(10)11(2,3)4/h7-8H,6H2,1-5H3,(H,14,15);5-8H,1-4H3,(H,15,16);5-6H,1-4H3,(H,16,17);5-6,9H,1-4H3,(H,15,16);6-7H,1-5H3,(H,13,14). The summed E-state index contributed by atoms with van der Waals surface area (Å²) in [4.78, 5) is 4.23. The number of hydrogen-bond acceptors (Lipinski definition) is 20. The van der Waals surface area contributed by atoms with E-state index in [-0.39, 0.29) is 39.2 Å². The molecule has 0 spiro atoms. The van der Waals surface area contributed by atoms with Gasteiger partial charge in [0.25, 0.3) is 6.43 Å². The molecule has 10 heterocycles. The fourth-order valence-electron chi connectivity index (χ4n) is 8.23. The molecule has 0 aliphatic heterocycles. The topological polar surface area (TPSA) is 298 Å². The highest BCUT2D eigenvalue weighted by Crippen LogP contribution is 2.32. The summed E-state index contributed by atoms with van der Waals surface area (Å²) in [6, 6.07) is 10.1. The van der Waals surface area contributed by atoms with Crippen molar-refractivity contribution in [3.63, 3.8) is 0 Å². The fourth-order valence-corrected chi connectivity index (χ4v) is 8.23. The molecule has 10 aromatic rings. The quantitative estimate of drug-likeness (QED) is 0.0710. The van der Waals surface area contributed by atoms with E-state index in [1.807, 2.05) is 117 Å². The largest absolute Gasteiger partial charge is 0.435 e. The lowest BCUT2D eigenvalue weighted by molar-refractivity contribution is -0.141. The van der Waals surface area contributed by atoms with E-state index in [0.717, 1.165) is 69.4 Å². The zero-order valence-electron chi connectivity index (χ0n) is 55.8. The Morgan fingerprint density at radius 3 is 1.09 bits per heavy atom. The first-order valence-electron chi connectivity index (χ1n) is 28.9. The lowest BCUT2D eigenvalue weighted by atomic mass is 10.1. The van der Waals surface area contributed by atoms with Crippen LogP contribution in [0.15, 0.2) is 74.2 Å². The van der Waals surface area contributed by atoms with Crippen molar-refractivity contribution in [1.29, 1.82) is 0 Å². The number of pyridine rings is 1. The van der Waals surface area contributed by atoms with Crippen LogP contribution in [0.5, 0.6) is 0 Å². The second-order valence-electron chi connectivity index (χ2n) is 25.9. The maximum Gasteiger partial charge on any atom is 0.435 e. The number of alkyl halides is 5. The van der Waals surface area contributed by atoms with Crippen LogP contribution in [0.4, 0.5) is 80.7 Å². The predicted molar refractivity (Wildman–Crippen MR) is 337 cm³/mol. The van der Waals surface area contributed by atoms with Crippen LogP contribution in [0, 0.1) is 13.8 Å². The number of halogens is 5. The van der Waals surface area contributed by atoms with Crippen LogP contribution in [0.3, 0.4) is 0 Å². The van der Waals surface area contributed by atoms with Crippen LogP contribution in [-0.4, -0.2) is 118 Å². The molecule has 0 radical (unpaired) electrons. The Bertz CT molecular complexity index is 3900. The number of aryl methyl sites for hydroxylation is 7. The van der Waals surface area contributed by atoms with E-state index in [4.69, 9.17) is 0 Å². The minimum Gasteiger partial charge on any atom is -0.323 e. The molecule has 0 fully saturated rings. The smallest absolute Gasteiger partial charge is 0.323 e. The summed E-state index contributed by atoms with van der Waals surface area (Å²) in [5.74, 6) is 5.48. The van der Waals surface area contributed by atoms with Gasteiger partial charge in [-0.3, -0.25) is 46.5 Å². The van der Waals surface area contributed by atoms with Gasteiger partial charge in [0.05, 0.1) is 22.8 Å². The van der Waals surface area contributed by atoms with Crippen molar-refractivity contribution in [3.05, 3.63) is 103 Å². The van der Waals surface area contributed by atoms with Gasteiger partial charge in [-0.05, 0) is 136 Å². The summed E-state index contributed by atoms with van der Waals surface area (Å²) in [5.41, 5.74) is 2.02. The summed E-state index contributed by atoms with van der Waals surface area (Å²) in [6.45, 7) is 36.8. The van der Waals surface area contributed by atoms with Gasteiger partial charge in [-0.25, -0.2) is 8.78 Å². The second kappa shape index (κ2) is 28.0. The van der Waals surface area contributed by atoms with Gasteiger partial charge in [0, 0.05) is 86.3 Å². The minimum absolute atomic E-state index is 0.0536. The third-order valence-electron chi connectivity index (χ3n) is 13.2. The predicted octanol–water partition coefficient (Wildman–Crippen LogP) is 11.3. The van der Waals surface area contributed by atoms with Crippen molar-refractivity contribution in [2.24, 2.45) is 28.2 Å². The average molecular weight is 1270 g/mol. The summed E-state index contributed by atoms with van der Waals surface area (Å²) in [6.07, 6.45) is 3.92. The van der Waals surface area contributed by atoms with E-state index >= 15 is 0 Å². The zero-order valence-corrected chi connectivity index (χ0v) is 55.8. The highest BCUT2D eigenvalue weighted by molar-refractivity contribution is 5.56. The molecule has 10 rings (SSSR count). The fraction of sp³-hybridized carbons (Fsp3) is 0.526. The van der Waals surface area contributed by atoms with Crippen molar-refractivity contribution in [2.45, 2.75) is 171 Å². The molecule has 34 heteroatoms. The van der Waals surface area contributed by atoms with Gasteiger partial charge in [-0.2, -0.15) is 33.6 Å². The van der Waals surface area contributed by atoms with Crippen LogP contribution in [-0.2, 0) is 68.5 Å².